The molecule has 3 N–H and O–H groups in total. The fourth-order valence-electron chi connectivity index (χ4n) is 2.67. The lowest BCUT2D eigenvalue weighted by Crippen LogP contribution is -2.29. The maximum Gasteiger partial charge on any atom is 0.107 e. The molecule has 110 valence electrons. The molecule has 1 saturated heterocycles. The Kier molecular flexibility index (Phi) is 5.41. The van der Waals surface area contributed by atoms with Crippen LogP contribution in [0.15, 0.2) is 22.7 Å². The van der Waals surface area contributed by atoms with Crippen molar-refractivity contribution >= 4 is 38.8 Å². The zero-order valence-corrected chi connectivity index (χ0v) is 14.4. The standard InChI is InChI=1S/C15H22BrN3S/c1-10(2)19-7-6-11(9-19)8-18-13-5-3-4-12(16)14(13)15(17)20/h3-5,10-11,18H,6-9H2,1-2H3,(H2,17,20). The van der Waals surface area contributed by atoms with Crippen LogP contribution in [0.2, 0.25) is 0 Å². The van der Waals surface area contributed by atoms with Gasteiger partial charge in [0.25, 0.3) is 0 Å². The van der Waals surface area contributed by atoms with E-state index in [1.807, 2.05) is 18.2 Å². The van der Waals surface area contributed by atoms with Crippen LogP contribution < -0.4 is 11.1 Å². The summed E-state index contributed by atoms with van der Waals surface area (Å²) >= 11 is 8.65. The molecule has 0 bridgehead atoms. The molecule has 1 fully saturated rings. The normalized spacial score (nSPS) is 19.5. The van der Waals surface area contributed by atoms with Crippen LogP contribution in [0.25, 0.3) is 0 Å². The monoisotopic (exact) mass is 355 g/mol. The van der Waals surface area contributed by atoms with Crippen molar-refractivity contribution in [3.8, 4) is 0 Å². The van der Waals surface area contributed by atoms with E-state index in [1.165, 1.54) is 19.5 Å². The number of nitrogens with zero attached hydrogens (tertiary/aromatic N) is 1. The molecule has 1 aliphatic heterocycles. The lowest BCUT2D eigenvalue weighted by molar-refractivity contribution is 0.266. The summed E-state index contributed by atoms with van der Waals surface area (Å²) in [6.07, 6.45) is 1.25. The Balaban J connectivity index is 1.98. The number of hydrogen-bond donors (Lipinski definition) is 2. The number of nitrogens with one attached hydrogen (secondary N) is 1. The van der Waals surface area contributed by atoms with Crippen molar-refractivity contribution < 1.29 is 0 Å². The Labute approximate surface area is 135 Å². The molecule has 0 radical (unpaired) electrons. The van der Waals surface area contributed by atoms with E-state index in [0.717, 1.165) is 22.3 Å². The van der Waals surface area contributed by atoms with E-state index in [4.69, 9.17) is 18.0 Å². The fraction of sp³-hybridized carbons (Fsp3) is 0.533. The average Bonchev–Trinajstić information content (AvgIpc) is 2.84. The number of nitrogens with two attached hydrogens (primary N) is 1. The first-order chi connectivity index (χ1) is 9.49. The van der Waals surface area contributed by atoms with E-state index in [0.29, 0.717) is 16.9 Å². The van der Waals surface area contributed by atoms with Crippen LogP contribution >= 0.6 is 28.1 Å². The van der Waals surface area contributed by atoms with Crippen LogP contribution in [0.4, 0.5) is 5.69 Å². The van der Waals surface area contributed by atoms with Gasteiger partial charge in [-0.15, -0.1) is 0 Å². The minimum Gasteiger partial charge on any atom is -0.389 e. The van der Waals surface area contributed by atoms with Crippen LogP contribution in [0, 0.1) is 5.92 Å². The van der Waals surface area contributed by atoms with E-state index >= 15 is 0 Å². The number of anilines is 1. The third kappa shape index (κ3) is 3.71. The maximum atomic E-state index is 5.81. The minimum absolute atomic E-state index is 0.426. The Hall–Kier alpha value is -0.650. The van der Waals surface area contributed by atoms with Crippen LogP contribution in [-0.2, 0) is 0 Å². The molecule has 1 unspecified atom stereocenters. The van der Waals surface area contributed by atoms with Crippen molar-refractivity contribution in [3.05, 3.63) is 28.2 Å². The van der Waals surface area contributed by atoms with E-state index in [1.54, 1.807) is 0 Å². The number of halogens is 1. The highest BCUT2D eigenvalue weighted by Gasteiger charge is 2.24. The molecule has 1 heterocycles. The van der Waals surface area contributed by atoms with Crippen LogP contribution in [0.5, 0.6) is 0 Å². The highest BCUT2D eigenvalue weighted by molar-refractivity contribution is 9.10. The first-order valence-corrected chi connectivity index (χ1v) is 8.25. The van der Waals surface area contributed by atoms with Gasteiger partial charge in [-0.05, 0) is 60.8 Å². The van der Waals surface area contributed by atoms with E-state index in [2.05, 4.69) is 40.0 Å². The second-order valence-corrected chi connectivity index (χ2v) is 6.95. The van der Waals surface area contributed by atoms with Gasteiger partial charge in [-0.3, -0.25) is 0 Å². The summed E-state index contributed by atoms with van der Waals surface area (Å²) in [7, 11) is 0. The van der Waals surface area contributed by atoms with Gasteiger partial charge < -0.3 is 16.0 Å². The van der Waals surface area contributed by atoms with Gasteiger partial charge in [0.2, 0.25) is 0 Å². The number of thiocarbonyl (C=S) groups is 1. The molecule has 1 atom stereocenters. The van der Waals surface area contributed by atoms with Gasteiger partial charge in [0.1, 0.15) is 4.99 Å². The summed E-state index contributed by atoms with van der Waals surface area (Å²) in [5, 5.41) is 3.51. The van der Waals surface area contributed by atoms with Gasteiger partial charge in [0.05, 0.1) is 0 Å². The lowest BCUT2D eigenvalue weighted by atomic mass is 10.1. The molecular weight excluding hydrogens is 334 g/mol. The highest BCUT2D eigenvalue weighted by atomic mass is 79.9. The summed E-state index contributed by atoms with van der Waals surface area (Å²) < 4.78 is 0.949. The Morgan fingerprint density at radius 1 is 1.55 bits per heavy atom. The average molecular weight is 356 g/mol. The third-order valence-corrected chi connectivity index (χ3v) is 4.75. The number of rotatable bonds is 5. The van der Waals surface area contributed by atoms with Crippen LogP contribution in [0.3, 0.4) is 0 Å². The molecule has 20 heavy (non-hydrogen) atoms. The molecule has 3 nitrogen and oxygen atoms in total. The first-order valence-electron chi connectivity index (χ1n) is 7.05. The van der Waals surface area contributed by atoms with Gasteiger partial charge in [-0.2, -0.15) is 0 Å². The summed E-state index contributed by atoms with van der Waals surface area (Å²) in [5.41, 5.74) is 7.74. The molecule has 0 aliphatic carbocycles. The van der Waals surface area contributed by atoms with Crippen molar-refractivity contribution in [1.82, 2.24) is 4.90 Å². The smallest absolute Gasteiger partial charge is 0.107 e. The number of likely N-dealkylation sites (tertiary alicyclic amines) is 1. The fourth-order valence-corrected chi connectivity index (χ4v) is 3.61. The van der Waals surface area contributed by atoms with Gasteiger partial charge in [-0.1, -0.05) is 18.3 Å². The van der Waals surface area contributed by atoms with Crippen molar-refractivity contribution in [3.63, 3.8) is 0 Å². The maximum absolute atomic E-state index is 5.81. The zero-order valence-electron chi connectivity index (χ0n) is 12.0. The van der Waals surface area contributed by atoms with Crippen molar-refractivity contribution in [2.24, 2.45) is 11.7 Å². The molecular formula is C15H22BrN3S. The quantitative estimate of drug-likeness (QED) is 0.795. The van der Waals surface area contributed by atoms with Crippen molar-refractivity contribution in [2.45, 2.75) is 26.3 Å². The van der Waals surface area contributed by atoms with Crippen molar-refractivity contribution in [2.75, 3.05) is 25.0 Å². The van der Waals surface area contributed by atoms with Crippen LogP contribution in [0.1, 0.15) is 25.8 Å². The Morgan fingerprint density at radius 2 is 2.30 bits per heavy atom. The van der Waals surface area contributed by atoms with E-state index < -0.39 is 0 Å². The first kappa shape index (κ1) is 15.7. The SMILES string of the molecule is CC(C)N1CCC(CNc2cccc(Br)c2C(N)=S)C1. The second-order valence-electron chi connectivity index (χ2n) is 5.65. The predicted octanol–water partition coefficient (Wildman–Crippen LogP) is 3.23. The molecule has 0 amide bonds. The topological polar surface area (TPSA) is 41.3 Å². The van der Waals surface area contributed by atoms with Gasteiger partial charge in [0.15, 0.2) is 0 Å². The van der Waals surface area contributed by atoms with Gasteiger partial charge in [0, 0.05) is 34.9 Å². The predicted molar refractivity (Wildman–Crippen MR) is 93.3 cm³/mol. The molecule has 1 aromatic rings. The molecule has 5 heteroatoms. The third-order valence-electron chi connectivity index (χ3n) is 3.89. The Bertz CT molecular complexity index is 490. The number of hydrogen-bond acceptors (Lipinski definition) is 3. The molecule has 0 saturated carbocycles. The lowest BCUT2D eigenvalue weighted by Gasteiger charge is -2.21. The Morgan fingerprint density at radius 3 is 2.90 bits per heavy atom. The van der Waals surface area contributed by atoms with E-state index in [-0.39, 0.29) is 0 Å². The van der Waals surface area contributed by atoms with Gasteiger partial charge >= 0.3 is 0 Å². The highest BCUT2D eigenvalue weighted by Crippen LogP contribution is 2.26. The second kappa shape index (κ2) is 6.87. The molecule has 0 spiro atoms. The largest absolute Gasteiger partial charge is 0.389 e. The van der Waals surface area contributed by atoms with Gasteiger partial charge in [-0.25, -0.2) is 0 Å². The zero-order chi connectivity index (χ0) is 14.7. The summed E-state index contributed by atoms with van der Waals surface area (Å²) in [6, 6.07) is 6.64. The minimum atomic E-state index is 0.426. The van der Waals surface area contributed by atoms with Crippen molar-refractivity contribution in [1.29, 1.82) is 0 Å². The van der Waals surface area contributed by atoms with E-state index in [9.17, 15) is 0 Å². The number of benzene rings is 1. The summed E-state index contributed by atoms with van der Waals surface area (Å²) in [5.74, 6) is 0.690. The molecule has 1 aromatic carbocycles. The molecule has 1 aliphatic rings. The molecule has 0 aromatic heterocycles. The van der Waals surface area contributed by atoms with Crippen LogP contribution in [-0.4, -0.2) is 35.6 Å². The summed E-state index contributed by atoms with van der Waals surface area (Å²) in [4.78, 5) is 2.96. The molecule has 2 rings (SSSR count). The summed E-state index contributed by atoms with van der Waals surface area (Å²) in [6.45, 7) is 7.85.